The van der Waals surface area contributed by atoms with Crippen molar-refractivity contribution in [3.05, 3.63) is 113 Å². The lowest BCUT2D eigenvalue weighted by molar-refractivity contribution is -0.120. The zero-order chi connectivity index (χ0) is 41.4. The number of alkyl halides is 1. The zero-order valence-electron chi connectivity index (χ0n) is 33.6. The van der Waals surface area contributed by atoms with Crippen LogP contribution in [0.4, 0.5) is 14.9 Å². The number of piperidine rings is 2. The Bertz CT molecular complexity index is 2300. The van der Waals surface area contributed by atoms with Gasteiger partial charge in [-0.25, -0.2) is 9.18 Å². The van der Waals surface area contributed by atoms with E-state index in [0.717, 1.165) is 66.6 Å². The molecular weight excluding hydrogens is 750 g/mol. The van der Waals surface area contributed by atoms with E-state index >= 15 is 4.39 Å². The molecule has 0 bridgehead atoms. The fourth-order valence-electron chi connectivity index (χ4n) is 9.35. The molecule has 310 valence electrons. The largest absolute Gasteiger partial charge is 0.507 e. The molecule has 1 atom stereocenters. The Hall–Kier alpha value is -6.02. The van der Waals surface area contributed by atoms with Gasteiger partial charge >= 0.3 is 6.03 Å². The summed E-state index contributed by atoms with van der Waals surface area (Å²) in [5, 5.41) is 13.7. The monoisotopic (exact) mass is 803 g/mol. The van der Waals surface area contributed by atoms with Crippen molar-refractivity contribution < 1.29 is 23.9 Å². The number of nitrogens with zero attached hydrogens (tertiary/aromatic N) is 5. The molecule has 14 heteroatoms. The number of aromatic nitrogens is 1. The second-order valence-corrected chi connectivity index (χ2v) is 16.6. The lowest BCUT2D eigenvalue weighted by Crippen LogP contribution is -2.51. The van der Waals surface area contributed by atoms with Gasteiger partial charge in [0.15, 0.2) is 0 Å². The number of rotatable bonds is 9. The number of aromatic hydroxyl groups is 1. The van der Waals surface area contributed by atoms with Crippen LogP contribution in [-0.4, -0.2) is 100 Å². The van der Waals surface area contributed by atoms with Crippen LogP contribution in [0, 0.1) is 6.92 Å². The molecule has 59 heavy (non-hydrogen) atoms. The van der Waals surface area contributed by atoms with Crippen molar-refractivity contribution in [2.24, 2.45) is 17.2 Å². The molecule has 5 heterocycles. The molecule has 4 aromatic rings. The number of urea groups is 1. The van der Waals surface area contributed by atoms with Crippen molar-refractivity contribution in [3.63, 3.8) is 0 Å². The molecule has 8 rings (SSSR count). The first-order valence-electron chi connectivity index (χ1n) is 20.6. The summed E-state index contributed by atoms with van der Waals surface area (Å²) in [5.74, 6) is 0.101. The predicted molar refractivity (Wildman–Crippen MR) is 227 cm³/mol. The Labute approximate surface area is 343 Å². The summed E-state index contributed by atoms with van der Waals surface area (Å²) in [6, 6.07) is 20.5. The van der Waals surface area contributed by atoms with Crippen molar-refractivity contribution in [3.8, 4) is 5.75 Å². The summed E-state index contributed by atoms with van der Waals surface area (Å²) < 4.78 is 18.7. The van der Waals surface area contributed by atoms with E-state index in [0.29, 0.717) is 68.1 Å². The molecule has 13 nitrogen and oxygen atoms in total. The van der Waals surface area contributed by atoms with Gasteiger partial charge in [0, 0.05) is 123 Å². The van der Waals surface area contributed by atoms with E-state index in [2.05, 4.69) is 38.9 Å². The Morgan fingerprint density at radius 3 is 2.34 bits per heavy atom. The molecule has 0 aliphatic carbocycles. The number of carbonyl (C=O) groups is 3. The fraction of sp³-hybridized carbons (Fsp3) is 0.400. The fourth-order valence-corrected chi connectivity index (χ4v) is 9.35. The number of para-hydroxylation sites is 1. The van der Waals surface area contributed by atoms with Gasteiger partial charge in [-0.05, 0) is 85.9 Å². The molecule has 4 aliphatic rings. The number of nitrogens with two attached hydrogens (primary N) is 3. The lowest BCUT2D eigenvalue weighted by Gasteiger charge is -2.41. The van der Waals surface area contributed by atoms with Crippen LogP contribution in [0.1, 0.15) is 77.5 Å². The molecule has 0 saturated carbocycles. The summed E-state index contributed by atoms with van der Waals surface area (Å²) in [7, 11) is 0. The maximum atomic E-state index is 16.3. The number of imide groups is 1. The van der Waals surface area contributed by atoms with Crippen molar-refractivity contribution >= 4 is 40.1 Å². The number of fused-ring (bicyclic) bond motifs is 1. The first-order chi connectivity index (χ1) is 28.4. The molecule has 4 aliphatic heterocycles. The summed E-state index contributed by atoms with van der Waals surface area (Å²) in [5.41, 5.74) is 23.4. The molecule has 3 aromatic carbocycles. The zero-order valence-corrected chi connectivity index (χ0v) is 33.6. The van der Waals surface area contributed by atoms with Gasteiger partial charge in [0.1, 0.15) is 17.2 Å². The van der Waals surface area contributed by atoms with Gasteiger partial charge in [-0.1, -0.05) is 24.3 Å². The van der Waals surface area contributed by atoms with Crippen LogP contribution in [0.2, 0.25) is 0 Å². The highest BCUT2D eigenvalue weighted by atomic mass is 19.1. The number of likely N-dealkylation sites (tertiary alicyclic amines) is 3. The number of allylic oxidation sites excluding steroid dienone is 1. The number of hydrogen-bond donors (Lipinski definition) is 5. The molecule has 0 radical (unpaired) electrons. The molecule has 4 fully saturated rings. The summed E-state index contributed by atoms with van der Waals surface area (Å²) >= 11 is 0. The van der Waals surface area contributed by atoms with E-state index in [-0.39, 0.29) is 41.8 Å². The highest BCUT2D eigenvalue weighted by molar-refractivity contribution is 6.06. The number of halogens is 1. The highest BCUT2D eigenvalue weighted by Crippen LogP contribution is 2.36. The number of carbonyl (C=O) groups excluding carboxylic acids is 3. The van der Waals surface area contributed by atoms with Gasteiger partial charge in [0.05, 0.1) is 5.70 Å². The third kappa shape index (κ3) is 8.31. The van der Waals surface area contributed by atoms with Crippen LogP contribution in [0.15, 0.2) is 90.5 Å². The minimum atomic E-state index is -1.35. The van der Waals surface area contributed by atoms with Crippen LogP contribution in [0.5, 0.6) is 5.75 Å². The van der Waals surface area contributed by atoms with E-state index in [1.807, 2.05) is 36.4 Å². The normalized spacial score (nSPS) is 20.6. The molecule has 1 unspecified atom stereocenters. The SMILES string of the molecule is Cc1cn(C2CCN(CC3(F)CCN(C(=O)c4ccc(C5CCN(C(/C=C(\N)c6ccccc6O)=C(N)N)C5)cc4)CC3)CC2)c2ccc(N3CCC(=O)NC3=O)cc12. The third-order valence-corrected chi connectivity index (χ3v) is 12.7. The number of anilines is 1. The maximum Gasteiger partial charge on any atom is 0.328 e. The molecular formula is C45H54FN9O4. The minimum absolute atomic E-state index is 0.0750. The number of phenols is 1. The number of amides is 4. The summed E-state index contributed by atoms with van der Waals surface area (Å²) in [4.78, 5) is 45.4. The standard InChI is InChI=1S/C45H54FN9O4/c1-29-26-55(38-11-10-34(24-36(29)38)54-21-15-41(57)50-44(54)59)33-13-18-51(19-14-33)28-45(46)16-22-52(23-17-45)43(58)31-8-6-30(7-9-31)32-12-20-53(27-32)39(42(48)49)25-37(47)35-4-2-3-5-40(35)56/h2-11,24-26,32-33,56H,12-23,27-28,47-49H2,1H3,(H,50,57,59)/b37-25-. The van der Waals surface area contributed by atoms with Gasteiger partial charge in [0.25, 0.3) is 5.91 Å². The predicted octanol–water partition coefficient (Wildman–Crippen LogP) is 5.26. The Morgan fingerprint density at radius 1 is 0.915 bits per heavy atom. The number of hydrogen-bond acceptors (Lipinski definition) is 9. The number of aryl methyl sites for hydroxylation is 1. The quantitative estimate of drug-likeness (QED) is 0.141. The smallest absolute Gasteiger partial charge is 0.328 e. The van der Waals surface area contributed by atoms with Gasteiger partial charge in [-0.15, -0.1) is 0 Å². The first kappa shape index (κ1) is 39.8. The van der Waals surface area contributed by atoms with Crippen molar-refractivity contribution in [2.45, 2.75) is 63.1 Å². The number of phenolic OH excluding ortho intramolecular Hbond substituents is 1. The van der Waals surface area contributed by atoms with Gasteiger partial charge in [-0.2, -0.15) is 0 Å². The Balaban J connectivity index is 0.817. The van der Waals surface area contributed by atoms with Crippen molar-refractivity contribution in [2.75, 3.05) is 57.3 Å². The summed E-state index contributed by atoms with van der Waals surface area (Å²) in [6.45, 7) is 6.55. The van der Waals surface area contributed by atoms with Gasteiger partial charge < -0.3 is 41.6 Å². The molecule has 4 saturated heterocycles. The van der Waals surface area contributed by atoms with Gasteiger partial charge in [-0.3, -0.25) is 19.8 Å². The molecule has 8 N–H and O–H groups in total. The molecule has 1 aromatic heterocycles. The van der Waals surface area contributed by atoms with E-state index in [4.69, 9.17) is 17.2 Å². The van der Waals surface area contributed by atoms with E-state index < -0.39 is 11.7 Å². The number of benzene rings is 3. The van der Waals surface area contributed by atoms with E-state index in [9.17, 15) is 19.5 Å². The molecule has 0 spiro atoms. The van der Waals surface area contributed by atoms with Crippen LogP contribution in [0.25, 0.3) is 16.6 Å². The van der Waals surface area contributed by atoms with E-state index in [1.54, 1.807) is 40.1 Å². The second kappa shape index (κ2) is 16.3. The average molecular weight is 804 g/mol. The summed E-state index contributed by atoms with van der Waals surface area (Å²) in [6.07, 6.45) is 7.46. The lowest BCUT2D eigenvalue weighted by atomic mass is 9.91. The molecule has 4 amide bonds. The van der Waals surface area contributed by atoms with Crippen LogP contribution in [-0.2, 0) is 4.79 Å². The highest BCUT2D eigenvalue weighted by Gasteiger charge is 2.39. The van der Waals surface area contributed by atoms with Crippen molar-refractivity contribution in [1.82, 2.24) is 24.6 Å². The first-order valence-corrected chi connectivity index (χ1v) is 20.6. The Kier molecular flexibility index (Phi) is 11.0. The third-order valence-electron chi connectivity index (χ3n) is 12.7. The average Bonchev–Trinajstić information content (AvgIpc) is 3.85. The topological polar surface area (TPSA) is 179 Å². The number of nitrogens with one attached hydrogen (secondary N) is 1. The maximum absolute atomic E-state index is 16.3. The van der Waals surface area contributed by atoms with Crippen LogP contribution < -0.4 is 27.4 Å². The van der Waals surface area contributed by atoms with Crippen LogP contribution >= 0.6 is 0 Å². The van der Waals surface area contributed by atoms with E-state index in [1.165, 1.54) is 0 Å². The van der Waals surface area contributed by atoms with Gasteiger partial charge in [0.2, 0.25) is 5.91 Å². The second-order valence-electron chi connectivity index (χ2n) is 16.6. The minimum Gasteiger partial charge on any atom is -0.507 e. The van der Waals surface area contributed by atoms with Crippen molar-refractivity contribution in [1.29, 1.82) is 0 Å². The van der Waals surface area contributed by atoms with Crippen LogP contribution in [0.3, 0.4) is 0 Å². The Morgan fingerprint density at radius 2 is 1.64 bits per heavy atom.